The van der Waals surface area contributed by atoms with Crippen LogP contribution in [0.2, 0.25) is 0 Å². The first-order valence-corrected chi connectivity index (χ1v) is 7.68. The average molecular weight is 278 g/mol. The minimum Gasteiger partial charge on any atom is -0.352 e. The second-order valence-corrected chi connectivity index (χ2v) is 6.72. The summed E-state index contributed by atoms with van der Waals surface area (Å²) in [5.41, 5.74) is -0.276. The van der Waals surface area contributed by atoms with Gasteiger partial charge < -0.3 is 10.6 Å². The van der Waals surface area contributed by atoms with Crippen molar-refractivity contribution in [2.24, 2.45) is 10.8 Å². The van der Waals surface area contributed by atoms with E-state index in [1.54, 1.807) is 0 Å². The van der Waals surface area contributed by atoms with E-state index < -0.39 is 0 Å². The van der Waals surface area contributed by atoms with Crippen LogP contribution < -0.4 is 10.6 Å². The number of carbonyl (C=O) groups excluding carboxylic acids is 2. The third-order valence-corrected chi connectivity index (χ3v) is 4.94. The number of rotatable bonds is 6. The Morgan fingerprint density at radius 2 is 1.20 bits per heavy atom. The summed E-state index contributed by atoms with van der Waals surface area (Å²) in [4.78, 5) is 23.7. The first kappa shape index (κ1) is 15.1. The summed E-state index contributed by atoms with van der Waals surface area (Å²) in [5, 5.41) is 5.85. The molecular weight excluding hydrogens is 252 g/mol. The van der Waals surface area contributed by atoms with Crippen molar-refractivity contribution in [1.29, 1.82) is 0 Å². The van der Waals surface area contributed by atoms with Crippen LogP contribution in [0.4, 0.5) is 0 Å². The fourth-order valence-electron chi connectivity index (χ4n) is 2.77. The zero-order valence-corrected chi connectivity index (χ0v) is 12.6. The first-order chi connectivity index (χ1) is 9.46. The highest BCUT2D eigenvalue weighted by Crippen LogP contribution is 2.40. The van der Waals surface area contributed by atoms with Gasteiger partial charge in [0, 0.05) is 23.9 Å². The standard InChI is InChI=1S/C16H26N2O2/c1-15(7-5-8-15)13(19)17-11-3-4-12-18-14(20)16(2)9-6-10-16/h3-4H,5-12H2,1-2H3,(H,17,19)(H,18,20). The van der Waals surface area contributed by atoms with Crippen LogP contribution in [-0.4, -0.2) is 24.9 Å². The molecule has 0 aromatic carbocycles. The molecule has 4 heteroatoms. The minimum atomic E-state index is -0.138. The van der Waals surface area contributed by atoms with Crippen molar-refractivity contribution in [3.63, 3.8) is 0 Å². The van der Waals surface area contributed by atoms with Crippen LogP contribution in [0.25, 0.3) is 0 Å². The largest absolute Gasteiger partial charge is 0.352 e. The van der Waals surface area contributed by atoms with Gasteiger partial charge in [-0.15, -0.1) is 0 Å². The molecule has 0 aromatic rings. The second kappa shape index (κ2) is 5.98. The summed E-state index contributed by atoms with van der Waals surface area (Å²) >= 11 is 0. The van der Waals surface area contributed by atoms with Gasteiger partial charge >= 0.3 is 0 Å². The predicted octanol–water partition coefficient (Wildman–Crippen LogP) is 2.16. The SMILES string of the molecule is CC1(C(=O)NCC=CCNC(=O)C2(C)CCC2)CCC1. The summed E-state index contributed by atoms with van der Waals surface area (Å²) in [6.45, 7) is 5.13. The molecular formula is C16H26N2O2. The Labute approximate surface area is 121 Å². The second-order valence-electron chi connectivity index (χ2n) is 6.72. The van der Waals surface area contributed by atoms with Crippen LogP contribution >= 0.6 is 0 Å². The van der Waals surface area contributed by atoms with E-state index >= 15 is 0 Å². The van der Waals surface area contributed by atoms with Gasteiger partial charge in [0.15, 0.2) is 0 Å². The van der Waals surface area contributed by atoms with Gasteiger partial charge in [-0.05, 0) is 25.7 Å². The number of hydrogen-bond donors (Lipinski definition) is 2. The molecule has 0 saturated heterocycles. The number of amides is 2. The number of nitrogens with one attached hydrogen (secondary N) is 2. The van der Waals surface area contributed by atoms with E-state index in [1.165, 1.54) is 0 Å². The quantitative estimate of drug-likeness (QED) is 0.731. The van der Waals surface area contributed by atoms with E-state index in [-0.39, 0.29) is 22.6 Å². The van der Waals surface area contributed by atoms with Crippen molar-refractivity contribution in [3.8, 4) is 0 Å². The van der Waals surface area contributed by atoms with Gasteiger partial charge in [0.1, 0.15) is 0 Å². The highest BCUT2D eigenvalue weighted by atomic mass is 16.2. The van der Waals surface area contributed by atoms with E-state index in [9.17, 15) is 9.59 Å². The fraction of sp³-hybridized carbons (Fsp3) is 0.750. The molecule has 2 N–H and O–H groups in total. The molecule has 2 rings (SSSR count). The van der Waals surface area contributed by atoms with Crippen molar-refractivity contribution < 1.29 is 9.59 Å². The lowest BCUT2D eigenvalue weighted by Gasteiger charge is -2.36. The maximum absolute atomic E-state index is 11.9. The van der Waals surface area contributed by atoms with Crippen molar-refractivity contribution in [3.05, 3.63) is 12.2 Å². The number of carbonyl (C=O) groups is 2. The smallest absolute Gasteiger partial charge is 0.226 e. The van der Waals surface area contributed by atoms with Crippen molar-refractivity contribution in [2.75, 3.05) is 13.1 Å². The molecule has 2 aliphatic carbocycles. The third-order valence-electron chi connectivity index (χ3n) is 4.94. The molecule has 0 atom stereocenters. The molecule has 0 bridgehead atoms. The molecule has 4 nitrogen and oxygen atoms in total. The Kier molecular flexibility index (Phi) is 4.51. The molecule has 0 radical (unpaired) electrons. The fourth-order valence-corrected chi connectivity index (χ4v) is 2.77. The normalized spacial score (nSPS) is 22.7. The summed E-state index contributed by atoms with van der Waals surface area (Å²) in [5.74, 6) is 0.304. The molecule has 20 heavy (non-hydrogen) atoms. The van der Waals surface area contributed by atoms with Gasteiger partial charge in [0.25, 0.3) is 0 Å². The van der Waals surface area contributed by atoms with E-state index in [0.29, 0.717) is 13.1 Å². The van der Waals surface area contributed by atoms with Crippen LogP contribution in [0.15, 0.2) is 12.2 Å². The third kappa shape index (κ3) is 3.22. The Balaban J connectivity index is 1.58. The zero-order chi connectivity index (χ0) is 14.6. The molecule has 0 aliphatic heterocycles. The lowest BCUT2D eigenvalue weighted by Crippen LogP contribution is -2.44. The molecule has 2 fully saturated rings. The van der Waals surface area contributed by atoms with Crippen LogP contribution in [0.3, 0.4) is 0 Å². The van der Waals surface area contributed by atoms with E-state index in [1.807, 2.05) is 26.0 Å². The van der Waals surface area contributed by atoms with Crippen LogP contribution in [0, 0.1) is 10.8 Å². The van der Waals surface area contributed by atoms with Crippen LogP contribution in [0.1, 0.15) is 52.4 Å². The lowest BCUT2D eigenvalue weighted by molar-refractivity contribution is -0.135. The Hall–Kier alpha value is -1.32. The summed E-state index contributed by atoms with van der Waals surface area (Å²) < 4.78 is 0. The van der Waals surface area contributed by atoms with E-state index in [0.717, 1.165) is 38.5 Å². The highest BCUT2D eigenvalue weighted by Gasteiger charge is 2.39. The molecule has 2 amide bonds. The Bertz CT molecular complexity index is 369. The molecule has 2 saturated carbocycles. The summed E-state index contributed by atoms with van der Waals surface area (Å²) in [6.07, 6.45) is 10.1. The van der Waals surface area contributed by atoms with Crippen molar-refractivity contribution in [1.82, 2.24) is 10.6 Å². The zero-order valence-electron chi connectivity index (χ0n) is 12.6. The average Bonchev–Trinajstić information content (AvgIpc) is 2.36. The minimum absolute atomic E-state index is 0.138. The molecule has 0 unspecified atom stereocenters. The Morgan fingerprint density at radius 3 is 1.45 bits per heavy atom. The first-order valence-electron chi connectivity index (χ1n) is 7.68. The van der Waals surface area contributed by atoms with Crippen molar-refractivity contribution >= 4 is 11.8 Å². The maximum atomic E-state index is 11.9. The topological polar surface area (TPSA) is 58.2 Å². The molecule has 0 spiro atoms. The van der Waals surface area contributed by atoms with E-state index in [2.05, 4.69) is 10.6 Å². The van der Waals surface area contributed by atoms with Crippen LogP contribution in [0.5, 0.6) is 0 Å². The monoisotopic (exact) mass is 278 g/mol. The number of hydrogen-bond acceptors (Lipinski definition) is 2. The van der Waals surface area contributed by atoms with Gasteiger partial charge in [-0.3, -0.25) is 9.59 Å². The molecule has 0 aromatic heterocycles. The molecule has 112 valence electrons. The maximum Gasteiger partial charge on any atom is 0.226 e. The van der Waals surface area contributed by atoms with Gasteiger partial charge in [-0.1, -0.05) is 38.8 Å². The lowest BCUT2D eigenvalue weighted by atomic mass is 9.70. The molecule has 2 aliphatic rings. The summed E-state index contributed by atoms with van der Waals surface area (Å²) in [6, 6.07) is 0. The van der Waals surface area contributed by atoms with Crippen molar-refractivity contribution in [2.45, 2.75) is 52.4 Å². The molecule has 0 heterocycles. The van der Waals surface area contributed by atoms with E-state index in [4.69, 9.17) is 0 Å². The van der Waals surface area contributed by atoms with Gasteiger partial charge in [-0.2, -0.15) is 0 Å². The summed E-state index contributed by atoms with van der Waals surface area (Å²) in [7, 11) is 0. The van der Waals surface area contributed by atoms with Gasteiger partial charge in [0.05, 0.1) is 0 Å². The van der Waals surface area contributed by atoms with Gasteiger partial charge in [0.2, 0.25) is 11.8 Å². The van der Waals surface area contributed by atoms with Crippen LogP contribution in [-0.2, 0) is 9.59 Å². The predicted molar refractivity (Wildman–Crippen MR) is 79.1 cm³/mol. The highest BCUT2D eigenvalue weighted by molar-refractivity contribution is 5.83. The van der Waals surface area contributed by atoms with Gasteiger partial charge in [-0.25, -0.2) is 0 Å². The Morgan fingerprint density at radius 1 is 0.850 bits per heavy atom.